The molecule has 0 saturated carbocycles. The number of aryl methyl sites for hydroxylation is 1. The summed E-state index contributed by atoms with van der Waals surface area (Å²) < 4.78 is 1.16. The Morgan fingerprint density at radius 1 is 1.19 bits per heavy atom. The summed E-state index contributed by atoms with van der Waals surface area (Å²) in [6.07, 6.45) is 2.38. The predicted molar refractivity (Wildman–Crippen MR) is 74.8 cm³/mol. The highest BCUT2D eigenvalue weighted by molar-refractivity contribution is 9.10. The highest BCUT2D eigenvalue weighted by atomic mass is 79.9. The third-order valence-electron chi connectivity index (χ3n) is 2.86. The lowest BCUT2D eigenvalue weighted by Crippen LogP contribution is -2.29. The molecule has 90 valence electrons. The number of benzene rings is 1. The molecule has 0 heterocycles. The van der Waals surface area contributed by atoms with E-state index in [0.29, 0.717) is 5.41 Å². The Morgan fingerprint density at radius 3 is 2.38 bits per heavy atom. The van der Waals surface area contributed by atoms with E-state index in [1.54, 1.807) is 0 Å². The van der Waals surface area contributed by atoms with Gasteiger partial charge in [-0.2, -0.15) is 0 Å². The maximum absolute atomic E-state index is 3.46. The largest absolute Gasteiger partial charge is 0.316 e. The number of nitrogens with one attached hydrogen (secondary N) is 1. The maximum atomic E-state index is 3.46. The van der Waals surface area contributed by atoms with Crippen LogP contribution in [-0.4, -0.2) is 13.1 Å². The summed E-state index contributed by atoms with van der Waals surface area (Å²) in [4.78, 5) is 0. The van der Waals surface area contributed by atoms with Gasteiger partial charge in [0.15, 0.2) is 0 Å². The van der Waals surface area contributed by atoms with Crippen molar-refractivity contribution in [3.05, 3.63) is 34.3 Å². The van der Waals surface area contributed by atoms with Gasteiger partial charge in [-0.1, -0.05) is 48.8 Å². The first-order valence-electron chi connectivity index (χ1n) is 5.99. The molecule has 0 fully saturated rings. The molecule has 0 saturated heterocycles. The fourth-order valence-corrected chi connectivity index (χ4v) is 1.95. The van der Waals surface area contributed by atoms with E-state index >= 15 is 0 Å². The van der Waals surface area contributed by atoms with Crippen molar-refractivity contribution in [1.29, 1.82) is 0 Å². The minimum Gasteiger partial charge on any atom is -0.316 e. The summed E-state index contributed by atoms with van der Waals surface area (Å²) in [6, 6.07) is 8.64. The first-order valence-corrected chi connectivity index (χ1v) is 6.78. The molecule has 1 nitrogen and oxygen atoms in total. The predicted octanol–water partition coefficient (Wildman–Crippen LogP) is 4.02. The van der Waals surface area contributed by atoms with Gasteiger partial charge in [0.1, 0.15) is 0 Å². The number of rotatable bonds is 6. The van der Waals surface area contributed by atoms with Crippen molar-refractivity contribution in [1.82, 2.24) is 5.32 Å². The molecular formula is C14H22BrN. The van der Waals surface area contributed by atoms with Crippen LogP contribution in [-0.2, 0) is 6.42 Å². The Balaban J connectivity index is 2.41. The van der Waals surface area contributed by atoms with Crippen LogP contribution in [0.5, 0.6) is 0 Å². The topological polar surface area (TPSA) is 12.0 Å². The molecule has 1 aromatic rings. The van der Waals surface area contributed by atoms with Gasteiger partial charge < -0.3 is 5.32 Å². The smallest absolute Gasteiger partial charge is 0.0175 e. The quantitative estimate of drug-likeness (QED) is 0.832. The SMILES string of the molecule is CCNCC(C)(C)CCc1ccc(Br)cc1. The van der Waals surface area contributed by atoms with Gasteiger partial charge in [0, 0.05) is 11.0 Å². The van der Waals surface area contributed by atoms with Gasteiger partial charge in [-0.3, -0.25) is 0 Å². The van der Waals surface area contributed by atoms with Crippen LogP contribution in [0.4, 0.5) is 0 Å². The van der Waals surface area contributed by atoms with Gasteiger partial charge in [-0.05, 0) is 42.5 Å². The molecule has 0 aliphatic heterocycles. The molecule has 1 aromatic carbocycles. The molecule has 16 heavy (non-hydrogen) atoms. The van der Waals surface area contributed by atoms with Crippen molar-refractivity contribution >= 4 is 15.9 Å². The van der Waals surface area contributed by atoms with Gasteiger partial charge >= 0.3 is 0 Å². The molecule has 0 radical (unpaired) electrons. The lowest BCUT2D eigenvalue weighted by Gasteiger charge is -2.24. The monoisotopic (exact) mass is 283 g/mol. The fraction of sp³-hybridized carbons (Fsp3) is 0.571. The Kier molecular flexibility index (Phi) is 5.50. The molecule has 0 aliphatic rings. The molecule has 0 spiro atoms. The van der Waals surface area contributed by atoms with Crippen molar-refractivity contribution < 1.29 is 0 Å². The van der Waals surface area contributed by atoms with E-state index in [0.717, 1.165) is 24.0 Å². The van der Waals surface area contributed by atoms with Crippen molar-refractivity contribution in [2.24, 2.45) is 5.41 Å². The van der Waals surface area contributed by atoms with Crippen LogP contribution < -0.4 is 5.32 Å². The van der Waals surface area contributed by atoms with Crippen LogP contribution in [0.2, 0.25) is 0 Å². The summed E-state index contributed by atoms with van der Waals surface area (Å²) in [5.74, 6) is 0. The molecule has 0 aliphatic carbocycles. The first-order chi connectivity index (χ1) is 7.53. The van der Waals surface area contributed by atoms with Crippen molar-refractivity contribution in [3.8, 4) is 0 Å². The van der Waals surface area contributed by atoms with Gasteiger partial charge in [0.25, 0.3) is 0 Å². The summed E-state index contributed by atoms with van der Waals surface area (Å²) in [5, 5.41) is 3.43. The summed E-state index contributed by atoms with van der Waals surface area (Å²) >= 11 is 3.46. The van der Waals surface area contributed by atoms with Crippen molar-refractivity contribution in [3.63, 3.8) is 0 Å². The minimum atomic E-state index is 0.378. The van der Waals surface area contributed by atoms with Gasteiger partial charge in [0.2, 0.25) is 0 Å². The van der Waals surface area contributed by atoms with Crippen LogP contribution in [0.15, 0.2) is 28.7 Å². The molecule has 2 heteroatoms. The summed E-state index contributed by atoms with van der Waals surface area (Å²) in [5.41, 5.74) is 1.80. The highest BCUT2D eigenvalue weighted by Gasteiger charge is 2.16. The van der Waals surface area contributed by atoms with Crippen molar-refractivity contribution in [2.75, 3.05) is 13.1 Å². The normalized spacial score (nSPS) is 11.8. The second-order valence-corrected chi connectivity index (χ2v) is 5.99. The lowest BCUT2D eigenvalue weighted by molar-refractivity contribution is 0.318. The number of hydrogen-bond donors (Lipinski definition) is 1. The van der Waals surface area contributed by atoms with Gasteiger partial charge in [-0.25, -0.2) is 0 Å². The van der Waals surface area contributed by atoms with Crippen LogP contribution in [0, 0.1) is 5.41 Å². The van der Waals surface area contributed by atoms with E-state index < -0.39 is 0 Å². The maximum Gasteiger partial charge on any atom is 0.0175 e. The van der Waals surface area contributed by atoms with E-state index in [9.17, 15) is 0 Å². The Hall–Kier alpha value is -0.340. The second kappa shape index (κ2) is 6.41. The van der Waals surface area contributed by atoms with Gasteiger partial charge in [0.05, 0.1) is 0 Å². The zero-order valence-corrected chi connectivity index (χ0v) is 12.1. The fourth-order valence-electron chi connectivity index (χ4n) is 1.69. The molecule has 0 unspecified atom stereocenters. The second-order valence-electron chi connectivity index (χ2n) is 5.07. The van der Waals surface area contributed by atoms with E-state index in [1.165, 1.54) is 12.0 Å². The highest BCUT2D eigenvalue weighted by Crippen LogP contribution is 2.22. The molecule has 0 aromatic heterocycles. The standard InChI is InChI=1S/C14H22BrN/c1-4-16-11-14(2,3)10-9-12-5-7-13(15)8-6-12/h5-8,16H,4,9-11H2,1-3H3. The van der Waals surface area contributed by atoms with E-state index in [2.05, 4.69) is 66.3 Å². The molecule has 0 amide bonds. The van der Waals surface area contributed by atoms with Crippen LogP contribution in [0.25, 0.3) is 0 Å². The lowest BCUT2D eigenvalue weighted by atomic mass is 9.86. The average molecular weight is 284 g/mol. The van der Waals surface area contributed by atoms with Crippen LogP contribution >= 0.6 is 15.9 Å². The van der Waals surface area contributed by atoms with Gasteiger partial charge in [-0.15, -0.1) is 0 Å². The minimum absolute atomic E-state index is 0.378. The zero-order chi connectivity index (χ0) is 12.0. The Morgan fingerprint density at radius 2 is 1.81 bits per heavy atom. The van der Waals surface area contributed by atoms with Crippen molar-refractivity contribution in [2.45, 2.75) is 33.6 Å². The Labute approximate surface area is 108 Å². The zero-order valence-electron chi connectivity index (χ0n) is 10.5. The molecule has 1 N–H and O–H groups in total. The third-order valence-corrected chi connectivity index (χ3v) is 3.39. The Bertz CT molecular complexity index is 303. The number of halogens is 1. The van der Waals surface area contributed by atoms with E-state index in [-0.39, 0.29) is 0 Å². The third kappa shape index (κ3) is 5.13. The summed E-state index contributed by atoms with van der Waals surface area (Å²) in [6.45, 7) is 8.97. The van der Waals surface area contributed by atoms with E-state index in [1.807, 2.05) is 0 Å². The average Bonchev–Trinajstić information content (AvgIpc) is 2.26. The first kappa shape index (κ1) is 13.7. The van der Waals surface area contributed by atoms with Crippen LogP contribution in [0.3, 0.4) is 0 Å². The molecule has 0 atom stereocenters. The van der Waals surface area contributed by atoms with Crippen LogP contribution in [0.1, 0.15) is 32.8 Å². The number of hydrogen-bond acceptors (Lipinski definition) is 1. The van der Waals surface area contributed by atoms with E-state index in [4.69, 9.17) is 0 Å². The molecular weight excluding hydrogens is 262 g/mol. The molecule has 0 bridgehead atoms. The summed E-state index contributed by atoms with van der Waals surface area (Å²) in [7, 11) is 0. The molecule has 1 rings (SSSR count).